The first kappa shape index (κ1) is 17.4. The SMILES string of the molecule is C[C@@]12CCC(=O)N1[C@@H](C(=O)OCc1nc(-c3ccc(Cl)cc3)no1)CS2. The lowest BCUT2D eigenvalue weighted by atomic mass is 10.2. The minimum Gasteiger partial charge on any atom is -0.454 e. The maximum Gasteiger partial charge on any atom is 0.330 e. The van der Waals surface area contributed by atoms with Crippen LogP contribution in [0.15, 0.2) is 28.8 Å². The molecule has 1 aromatic carbocycles. The lowest BCUT2D eigenvalue weighted by molar-refractivity contribution is -0.155. The van der Waals surface area contributed by atoms with Crippen LogP contribution in [0.4, 0.5) is 0 Å². The van der Waals surface area contributed by atoms with Gasteiger partial charge in [-0.05, 0) is 37.6 Å². The van der Waals surface area contributed by atoms with Crippen LogP contribution in [0.3, 0.4) is 0 Å². The number of thioether (sulfide) groups is 1. The van der Waals surface area contributed by atoms with E-state index in [1.807, 2.05) is 6.92 Å². The Hall–Kier alpha value is -2.06. The molecule has 1 aromatic heterocycles. The Balaban J connectivity index is 1.39. The number of aromatic nitrogens is 2. The molecule has 9 heteroatoms. The summed E-state index contributed by atoms with van der Waals surface area (Å²) in [6, 6.07) is 6.46. The molecule has 0 spiro atoms. The predicted octanol–water partition coefficient (Wildman–Crippen LogP) is 2.89. The van der Waals surface area contributed by atoms with Gasteiger partial charge in [0.1, 0.15) is 6.04 Å². The van der Waals surface area contributed by atoms with Crippen molar-refractivity contribution >= 4 is 35.2 Å². The second kappa shape index (κ2) is 6.59. The molecule has 2 fully saturated rings. The van der Waals surface area contributed by atoms with Gasteiger partial charge >= 0.3 is 5.97 Å². The van der Waals surface area contributed by atoms with E-state index in [1.165, 1.54) is 0 Å². The molecule has 0 bridgehead atoms. The van der Waals surface area contributed by atoms with Crippen LogP contribution in [-0.2, 0) is 20.9 Å². The van der Waals surface area contributed by atoms with E-state index in [9.17, 15) is 9.59 Å². The molecule has 0 aliphatic carbocycles. The monoisotopic (exact) mass is 393 g/mol. The summed E-state index contributed by atoms with van der Waals surface area (Å²) in [4.78, 5) is 30.1. The molecule has 2 atom stereocenters. The van der Waals surface area contributed by atoms with Crippen molar-refractivity contribution in [2.24, 2.45) is 0 Å². The van der Waals surface area contributed by atoms with Crippen molar-refractivity contribution in [2.75, 3.05) is 5.75 Å². The second-order valence-corrected chi connectivity index (χ2v) is 8.33. The Kier molecular flexibility index (Phi) is 4.40. The molecule has 2 aliphatic rings. The Labute approximate surface area is 159 Å². The fourth-order valence-corrected chi connectivity index (χ4v) is 4.80. The minimum atomic E-state index is -0.557. The number of carbonyl (C=O) groups is 2. The molecule has 0 unspecified atom stereocenters. The number of hydrogen-bond donors (Lipinski definition) is 0. The highest BCUT2D eigenvalue weighted by Crippen LogP contribution is 2.47. The van der Waals surface area contributed by atoms with E-state index in [0.717, 1.165) is 12.0 Å². The van der Waals surface area contributed by atoms with Gasteiger partial charge in [0.2, 0.25) is 11.7 Å². The fraction of sp³-hybridized carbons (Fsp3) is 0.412. The minimum absolute atomic E-state index is 0.00210. The van der Waals surface area contributed by atoms with Gasteiger partial charge < -0.3 is 14.2 Å². The summed E-state index contributed by atoms with van der Waals surface area (Å²) in [5.41, 5.74) is 0.751. The maximum absolute atomic E-state index is 12.4. The van der Waals surface area contributed by atoms with Crippen LogP contribution in [0.5, 0.6) is 0 Å². The van der Waals surface area contributed by atoms with Crippen molar-refractivity contribution in [2.45, 2.75) is 37.3 Å². The number of rotatable bonds is 4. The van der Waals surface area contributed by atoms with Gasteiger partial charge in [0.25, 0.3) is 5.89 Å². The van der Waals surface area contributed by atoms with E-state index in [2.05, 4.69) is 10.1 Å². The molecule has 1 amide bonds. The van der Waals surface area contributed by atoms with Crippen LogP contribution in [-0.4, -0.2) is 43.6 Å². The summed E-state index contributed by atoms with van der Waals surface area (Å²) in [6.07, 6.45) is 1.23. The van der Waals surface area contributed by atoms with Crippen molar-refractivity contribution < 1.29 is 18.8 Å². The molecule has 0 saturated carbocycles. The van der Waals surface area contributed by atoms with Crippen molar-refractivity contribution in [3.05, 3.63) is 35.2 Å². The highest BCUT2D eigenvalue weighted by molar-refractivity contribution is 8.01. The van der Waals surface area contributed by atoms with E-state index in [1.54, 1.807) is 40.9 Å². The average Bonchev–Trinajstić information content (AvgIpc) is 3.30. The average molecular weight is 394 g/mol. The zero-order chi connectivity index (χ0) is 18.3. The summed E-state index contributed by atoms with van der Waals surface area (Å²) in [5.74, 6) is 0.696. The summed E-state index contributed by atoms with van der Waals surface area (Å²) in [7, 11) is 0. The van der Waals surface area contributed by atoms with Gasteiger partial charge in [-0.1, -0.05) is 16.8 Å². The molecule has 136 valence electrons. The van der Waals surface area contributed by atoms with Gasteiger partial charge in [0, 0.05) is 22.8 Å². The number of halogens is 1. The highest BCUT2D eigenvalue weighted by Gasteiger charge is 2.53. The summed E-state index contributed by atoms with van der Waals surface area (Å²) < 4.78 is 10.5. The highest BCUT2D eigenvalue weighted by atomic mass is 35.5. The Morgan fingerprint density at radius 2 is 2.23 bits per heavy atom. The number of fused-ring (bicyclic) bond motifs is 1. The first-order valence-electron chi connectivity index (χ1n) is 8.17. The molecule has 0 radical (unpaired) electrons. The number of nitrogens with zero attached hydrogens (tertiary/aromatic N) is 3. The van der Waals surface area contributed by atoms with Gasteiger partial charge in [-0.3, -0.25) is 4.79 Å². The molecule has 4 rings (SSSR count). The van der Waals surface area contributed by atoms with Gasteiger partial charge in [-0.2, -0.15) is 4.98 Å². The van der Waals surface area contributed by atoms with Crippen LogP contribution in [0, 0.1) is 0 Å². The van der Waals surface area contributed by atoms with Gasteiger partial charge in [0.15, 0.2) is 6.61 Å². The van der Waals surface area contributed by atoms with E-state index < -0.39 is 12.0 Å². The smallest absolute Gasteiger partial charge is 0.330 e. The van der Waals surface area contributed by atoms with Crippen molar-refractivity contribution in [1.82, 2.24) is 15.0 Å². The fourth-order valence-electron chi connectivity index (χ4n) is 3.25. The third-order valence-electron chi connectivity index (χ3n) is 4.63. The largest absolute Gasteiger partial charge is 0.454 e. The van der Waals surface area contributed by atoms with Gasteiger partial charge in [0.05, 0.1) is 4.87 Å². The molecule has 2 aromatic rings. The lowest BCUT2D eigenvalue weighted by Gasteiger charge is -2.29. The first-order valence-corrected chi connectivity index (χ1v) is 9.54. The van der Waals surface area contributed by atoms with Gasteiger partial charge in [-0.15, -0.1) is 11.8 Å². The Morgan fingerprint density at radius 1 is 1.46 bits per heavy atom. The lowest BCUT2D eigenvalue weighted by Crippen LogP contribution is -2.46. The zero-order valence-electron chi connectivity index (χ0n) is 14.0. The Bertz CT molecular complexity index is 856. The van der Waals surface area contributed by atoms with E-state index in [0.29, 0.717) is 23.0 Å². The van der Waals surface area contributed by atoms with Crippen molar-refractivity contribution in [3.63, 3.8) is 0 Å². The number of amides is 1. The van der Waals surface area contributed by atoms with E-state index in [-0.39, 0.29) is 23.3 Å². The summed E-state index contributed by atoms with van der Waals surface area (Å²) in [6.45, 7) is 1.87. The number of hydrogen-bond acceptors (Lipinski definition) is 7. The molecule has 26 heavy (non-hydrogen) atoms. The third kappa shape index (κ3) is 3.07. The zero-order valence-corrected chi connectivity index (χ0v) is 15.5. The molecular weight excluding hydrogens is 378 g/mol. The summed E-state index contributed by atoms with van der Waals surface area (Å²) in [5, 5.41) is 4.49. The normalized spacial score (nSPS) is 24.8. The standard InChI is InChI=1S/C17H16ClN3O4S/c1-17-7-6-14(22)21(17)12(9-26-17)16(23)24-8-13-19-15(20-25-13)10-2-4-11(18)5-3-10/h2-5,12H,6-9H2,1H3/t12-,17-/m1/s1. The first-order chi connectivity index (χ1) is 12.5. The number of benzene rings is 1. The third-order valence-corrected chi connectivity index (χ3v) is 6.38. The quantitative estimate of drug-likeness (QED) is 0.738. The molecule has 0 N–H and O–H groups in total. The molecule has 7 nitrogen and oxygen atoms in total. The van der Waals surface area contributed by atoms with Crippen molar-refractivity contribution in [3.8, 4) is 11.4 Å². The topological polar surface area (TPSA) is 85.5 Å². The van der Waals surface area contributed by atoms with Crippen LogP contribution in [0.25, 0.3) is 11.4 Å². The molecular formula is C17H16ClN3O4S. The van der Waals surface area contributed by atoms with Crippen molar-refractivity contribution in [1.29, 1.82) is 0 Å². The predicted molar refractivity (Wildman–Crippen MR) is 95.3 cm³/mol. The van der Waals surface area contributed by atoms with Crippen LogP contribution in [0.1, 0.15) is 25.7 Å². The Morgan fingerprint density at radius 3 is 3.00 bits per heavy atom. The van der Waals surface area contributed by atoms with Gasteiger partial charge in [-0.25, -0.2) is 4.79 Å². The van der Waals surface area contributed by atoms with Crippen LogP contribution >= 0.6 is 23.4 Å². The number of carbonyl (C=O) groups excluding carboxylic acids is 2. The maximum atomic E-state index is 12.4. The summed E-state index contributed by atoms with van der Waals surface area (Å²) >= 11 is 7.48. The number of ether oxygens (including phenoxy) is 1. The van der Waals surface area contributed by atoms with E-state index >= 15 is 0 Å². The molecule has 2 aliphatic heterocycles. The van der Waals surface area contributed by atoms with Crippen LogP contribution in [0.2, 0.25) is 5.02 Å². The second-order valence-electron chi connectivity index (χ2n) is 6.39. The number of esters is 1. The molecule has 3 heterocycles. The van der Waals surface area contributed by atoms with E-state index in [4.69, 9.17) is 20.9 Å². The molecule has 2 saturated heterocycles. The van der Waals surface area contributed by atoms with Crippen LogP contribution < -0.4 is 0 Å².